The lowest BCUT2D eigenvalue weighted by Crippen LogP contribution is -2.53. The molecule has 0 saturated carbocycles. The van der Waals surface area contributed by atoms with Gasteiger partial charge in [-0.25, -0.2) is 4.79 Å². The fourth-order valence-corrected chi connectivity index (χ4v) is 4.12. The zero-order valence-electron chi connectivity index (χ0n) is 21.4. The highest BCUT2D eigenvalue weighted by molar-refractivity contribution is 7.80. The summed E-state index contributed by atoms with van der Waals surface area (Å²) in [6.07, 6.45) is -0.765. The van der Waals surface area contributed by atoms with Gasteiger partial charge < -0.3 is 25.4 Å². The van der Waals surface area contributed by atoms with Gasteiger partial charge in [0.25, 0.3) is 5.91 Å². The van der Waals surface area contributed by atoms with Crippen LogP contribution in [0.2, 0.25) is 5.02 Å². The highest BCUT2D eigenvalue weighted by atomic mass is 35.5. The van der Waals surface area contributed by atoms with Crippen LogP contribution >= 0.6 is 24.2 Å². The number of nitrogens with zero attached hydrogens (tertiary/aromatic N) is 1. The molecule has 2 aromatic rings. The Morgan fingerprint density at radius 3 is 2.33 bits per heavy atom. The summed E-state index contributed by atoms with van der Waals surface area (Å²) in [6, 6.07) is 7.82. The number of carbonyl (C=O) groups is 3. The number of aryl methyl sites for hydroxylation is 2. The van der Waals surface area contributed by atoms with Gasteiger partial charge in [0.15, 0.2) is 0 Å². The summed E-state index contributed by atoms with van der Waals surface area (Å²) < 4.78 is 5.28. The molecule has 0 aliphatic rings. The van der Waals surface area contributed by atoms with Gasteiger partial charge in [-0.1, -0.05) is 29.8 Å². The van der Waals surface area contributed by atoms with Crippen LogP contribution < -0.4 is 10.6 Å². The predicted octanol–water partition coefficient (Wildman–Crippen LogP) is 5.01. The number of hydrogen-bond acceptors (Lipinski definition) is 6. The zero-order valence-corrected chi connectivity index (χ0v) is 23.0. The predicted molar refractivity (Wildman–Crippen MR) is 145 cm³/mol. The van der Waals surface area contributed by atoms with E-state index in [0.717, 1.165) is 5.56 Å². The first kappa shape index (κ1) is 29.3. The number of rotatable bonds is 8. The van der Waals surface area contributed by atoms with Gasteiger partial charge in [-0.3, -0.25) is 9.59 Å². The summed E-state index contributed by atoms with van der Waals surface area (Å²) in [5.41, 5.74) is 1.46. The van der Waals surface area contributed by atoms with Crippen molar-refractivity contribution in [1.82, 2.24) is 10.2 Å². The number of likely N-dealkylation sites (N-methyl/N-ethyl adjacent to an activating group) is 1. The maximum atomic E-state index is 13.7. The first-order valence-corrected chi connectivity index (χ1v) is 12.6. The molecule has 196 valence electrons. The van der Waals surface area contributed by atoms with Crippen molar-refractivity contribution in [2.75, 3.05) is 17.6 Å². The summed E-state index contributed by atoms with van der Waals surface area (Å²) in [5, 5.41) is 15.8. The minimum Gasteiger partial charge on any atom is -0.508 e. The van der Waals surface area contributed by atoms with Gasteiger partial charge in [-0.05, 0) is 76.4 Å². The molecular weight excluding hydrogens is 502 g/mol. The van der Waals surface area contributed by atoms with Crippen molar-refractivity contribution in [2.45, 2.75) is 59.2 Å². The molecule has 10 heteroatoms. The second-order valence-electron chi connectivity index (χ2n) is 9.38. The first-order valence-electron chi connectivity index (χ1n) is 11.5. The van der Waals surface area contributed by atoms with Crippen LogP contribution in [0.15, 0.2) is 36.4 Å². The number of nitrogens with one attached hydrogen (secondary N) is 2. The topological polar surface area (TPSA) is 108 Å². The molecule has 2 rings (SSSR count). The van der Waals surface area contributed by atoms with Gasteiger partial charge in [0.1, 0.15) is 23.4 Å². The molecule has 0 fully saturated rings. The molecule has 0 heterocycles. The minimum atomic E-state index is -1.08. The molecule has 0 aromatic heterocycles. The number of benzene rings is 2. The number of aromatic hydroxyl groups is 1. The molecule has 0 aliphatic carbocycles. The lowest BCUT2D eigenvalue weighted by atomic mass is 10.00. The molecule has 0 bridgehead atoms. The van der Waals surface area contributed by atoms with Crippen LogP contribution in [0, 0.1) is 13.8 Å². The molecule has 0 spiro atoms. The van der Waals surface area contributed by atoms with Crippen molar-refractivity contribution in [3.05, 3.63) is 58.1 Å². The van der Waals surface area contributed by atoms with Crippen molar-refractivity contribution in [1.29, 1.82) is 0 Å². The zero-order chi connectivity index (χ0) is 27.2. The smallest absolute Gasteiger partial charge is 0.408 e. The van der Waals surface area contributed by atoms with E-state index in [0.29, 0.717) is 21.8 Å². The Kier molecular flexibility index (Phi) is 10.1. The highest BCUT2D eigenvalue weighted by Crippen LogP contribution is 2.31. The van der Waals surface area contributed by atoms with E-state index in [1.807, 2.05) is 13.0 Å². The standard InChI is InChI=1S/C26H34ClN3O5S/c1-7-30(24(33)19(14-36)28-25(34)35-26(4,5)6)22(17-11-12-20(31)16(3)13-17)23(32)29-21-15(2)9-8-10-18(21)27/h8-13,19,22,31,36H,7,14H2,1-6H3,(H,28,34)(H,29,32). The highest BCUT2D eigenvalue weighted by Gasteiger charge is 2.35. The Morgan fingerprint density at radius 1 is 1.14 bits per heavy atom. The Bertz CT molecular complexity index is 1100. The molecule has 3 N–H and O–H groups in total. The Hall–Kier alpha value is -2.91. The molecule has 3 amide bonds. The molecule has 8 nitrogen and oxygen atoms in total. The number of thiol groups is 1. The van der Waals surface area contributed by atoms with Crippen LogP contribution in [0.5, 0.6) is 5.75 Å². The Balaban J connectivity index is 2.47. The summed E-state index contributed by atoms with van der Waals surface area (Å²) >= 11 is 10.6. The summed E-state index contributed by atoms with van der Waals surface area (Å²) in [7, 11) is 0. The second-order valence-corrected chi connectivity index (χ2v) is 10.1. The van der Waals surface area contributed by atoms with E-state index < -0.39 is 35.6 Å². The molecule has 0 saturated heterocycles. The van der Waals surface area contributed by atoms with E-state index in [1.165, 1.54) is 11.0 Å². The van der Waals surface area contributed by atoms with Crippen molar-refractivity contribution in [3.63, 3.8) is 0 Å². The maximum Gasteiger partial charge on any atom is 0.408 e. The van der Waals surface area contributed by atoms with Gasteiger partial charge in [0, 0.05) is 12.3 Å². The molecular formula is C26H34ClN3O5S. The number of phenolic OH excluding ortho intramolecular Hbond substituents is 1. The van der Waals surface area contributed by atoms with E-state index in [1.54, 1.807) is 58.9 Å². The van der Waals surface area contributed by atoms with E-state index in [9.17, 15) is 19.5 Å². The minimum absolute atomic E-state index is 0.0128. The van der Waals surface area contributed by atoms with Gasteiger partial charge in [0.05, 0.1) is 10.7 Å². The van der Waals surface area contributed by atoms with Gasteiger partial charge >= 0.3 is 6.09 Å². The molecule has 2 atom stereocenters. The summed E-state index contributed by atoms with van der Waals surface area (Å²) in [5.74, 6) is -0.961. The number of phenols is 1. The van der Waals surface area contributed by atoms with Gasteiger partial charge in [-0.2, -0.15) is 12.6 Å². The number of alkyl carbamates (subject to hydrolysis) is 1. The van der Waals surface area contributed by atoms with Crippen LogP contribution in [0.4, 0.5) is 10.5 Å². The maximum absolute atomic E-state index is 13.7. The number of amides is 3. The van der Waals surface area contributed by atoms with Crippen molar-refractivity contribution >= 4 is 47.8 Å². The van der Waals surface area contributed by atoms with E-state index >= 15 is 0 Å². The van der Waals surface area contributed by atoms with Crippen LogP contribution in [-0.4, -0.2) is 51.9 Å². The third-order valence-corrected chi connectivity index (χ3v) is 6.04. The normalized spacial score (nSPS) is 12.9. The fourth-order valence-electron chi connectivity index (χ4n) is 3.60. The Morgan fingerprint density at radius 2 is 1.81 bits per heavy atom. The molecule has 2 unspecified atom stereocenters. The van der Waals surface area contributed by atoms with E-state index in [2.05, 4.69) is 23.3 Å². The fraction of sp³-hybridized carbons (Fsp3) is 0.423. The van der Waals surface area contributed by atoms with Gasteiger partial charge in [-0.15, -0.1) is 0 Å². The van der Waals surface area contributed by atoms with Crippen LogP contribution in [0.3, 0.4) is 0 Å². The third-order valence-electron chi connectivity index (χ3n) is 5.36. The molecule has 0 radical (unpaired) electrons. The number of anilines is 1. The quantitative estimate of drug-likeness (QED) is 0.355. The summed E-state index contributed by atoms with van der Waals surface area (Å²) in [4.78, 5) is 41.0. The molecule has 0 aliphatic heterocycles. The lowest BCUT2D eigenvalue weighted by molar-refractivity contribution is -0.140. The average molecular weight is 536 g/mol. The van der Waals surface area contributed by atoms with Gasteiger partial charge in [0.2, 0.25) is 5.91 Å². The first-order chi connectivity index (χ1) is 16.8. The monoisotopic (exact) mass is 535 g/mol. The average Bonchev–Trinajstić information content (AvgIpc) is 2.78. The van der Waals surface area contributed by atoms with E-state index in [4.69, 9.17) is 16.3 Å². The number of halogens is 1. The summed E-state index contributed by atoms with van der Waals surface area (Å²) in [6.45, 7) is 10.5. The van der Waals surface area contributed by atoms with Crippen LogP contribution in [0.1, 0.15) is 50.4 Å². The van der Waals surface area contributed by atoms with Crippen LogP contribution in [0.25, 0.3) is 0 Å². The number of carbonyl (C=O) groups excluding carboxylic acids is 3. The number of hydrogen-bond donors (Lipinski definition) is 4. The number of para-hydroxylation sites is 1. The largest absolute Gasteiger partial charge is 0.508 e. The van der Waals surface area contributed by atoms with Crippen molar-refractivity contribution in [2.24, 2.45) is 0 Å². The van der Waals surface area contributed by atoms with Crippen molar-refractivity contribution in [3.8, 4) is 5.75 Å². The van der Waals surface area contributed by atoms with Crippen molar-refractivity contribution < 1.29 is 24.2 Å². The molecule has 2 aromatic carbocycles. The number of ether oxygens (including phenoxy) is 1. The van der Waals surface area contributed by atoms with E-state index in [-0.39, 0.29) is 18.0 Å². The van der Waals surface area contributed by atoms with Crippen LogP contribution in [-0.2, 0) is 14.3 Å². The Labute approximate surface area is 222 Å². The third kappa shape index (κ3) is 7.54. The lowest BCUT2D eigenvalue weighted by Gasteiger charge is -2.33. The SMILES string of the molecule is CCN(C(=O)C(CS)NC(=O)OC(C)(C)C)C(C(=O)Nc1c(C)cccc1Cl)c1ccc(O)c(C)c1. The second kappa shape index (κ2) is 12.4. The molecule has 36 heavy (non-hydrogen) atoms.